The minimum atomic E-state index is 0. The van der Waals surface area contributed by atoms with Crippen LogP contribution < -0.4 is 5.73 Å². The van der Waals surface area contributed by atoms with Gasteiger partial charge < -0.3 is 10.7 Å². The van der Waals surface area contributed by atoms with Crippen molar-refractivity contribution in [2.45, 2.75) is 55.0 Å². The molecule has 227 valence electrons. The Morgan fingerprint density at radius 1 is 0.659 bits per heavy atom. The molecule has 0 amide bonds. The van der Waals surface area contributed by atoms with Gasteiger partial charge in [0.2, 0.25) is 0 Å². The van der Waals surface area contributed by atoms with Gasteiger partial charge in [0.15, 0.2) is 11.6 Å². The Balaban J connectivity index is 0.000000178. The molecule has 44 heavy (non-hydrogen) atoms. The van der Waals surface area contributed by atoms with Gasteiger partial charge in [-0.25, -0.2) is 19.3 Å². The van der Waals surface area contributed by atoms with E-state index in [9.17, 15) is 0 Å². The first-order chi connectivity index (χ1) is 20.7. The number of benzene rings is 1. The first-order valence-corrected chi connectivity index (χ1v) is 14.2. The zero-order valence-corrected chi connectivity index (χ0v) is 28.9. The van der Waals surface area contributed by atoms with Crippen LogP contribution in [-0.4, -0.2) is 34.5 Å². The van der Waals surface area contributed by atoms with E-state index in [1.54, 1.807) is 12.4 Å². The van der Waals surface area contributed by atoms with Gasteiger partial charge >= 0.3 is 19.8 Å². The Labute approximate surface area is 273 Å². The number of hydrogen-bond acceptors (Lipinski definition) is 6. The third-order valence-corrected chi connectivity index (χ3v) is 7.33. The van der Waals surface area contributed by atoms with Gasteiger partial charge in [0.05, 0.1) is 11.4 Å². The second-order valence-corrected chi connectivity index (χ2v) is 10.3. The summed E-state index contributed by atoms with van der Waals surface area (Å²) in [6.07, 6.45) is 5.37. The monoisotopic (exact) mass is 763 g/mol. The minimum absolute atomic E-state index is 0. The van der Waals surface area contributed by atoms with Crippen LogP contribution in [0, 0.1) is 54.5 Å². The predicted octanol–water partition coefficient (Wildman–Crippen LogP) is 6.70. The maximum absolute atomic E-state index is 5.59. The van der Waals surface area contributed by atoms with Gasteiger partial charge in [-0.3, -0.25) is 0 Å². The molecule has 5 heterocycles. The normalized spacial score (nSPS) is 10.2. The van der Waals surface area contributed by atoms with Crippen molar-refractivity contribution < 1.29 is 19.8 Å². The van der Waals surface area contributed by atoms with E-state index in [4.69, 9.17) is 5.73 Å². The fraction of sp³-hybridized carbons (Fsp3) is 0.229. The van der Waals surface area contributed by atoms with Crippen molar-refractivity contribution in [1.29, 1.82) is 0 Å². The largest absolute Gasteiger partial charge is 1.00 e. The van der Waals surface area contributed by atoms with Gasteiger partial charge in [-0.05, 0) is 95.6 Å². The number of pyridine rings is 3. The van der Waals surface area contributed by atoms with Crippen molar-refractivity contribution in [3.63, 3.8) is 0 Å². The summed E-state index contributed by atoms with van der Waals surface area (Å²) in [6.45, 7) is 14.9. The Hall–Kier alpha value is -4.31. The molecule has 6 aromatic rings. The van der Waals surface area contributed by atoms with E-state index < -0.39 is 0 Å². The molecule has 9 heteroatoms. The summed E-state index contributed by atoms with van der Waals surface area (Å²) >= 11 is 0. The molecule has 0 bridgehead atoms. The van der Waals surface area contributed by atoms with Gasteiger partial charge in [-0.15, -0.1) is 35.4 Å². The van der Waals surface area contributed by atoms with Crippen LogP contribution in [0.2, 0.25) is 0 Å². The molecule has 0 fully saturated rings. The number of rotatable bonds is 4. The molecule has 0 saturated carbocycles. The summed E-state index contributed by atoms with van der Waals surface area (Å²) in [5.74, 6) is 1.75. The Morgan fingerprint density at radius 3 is 1.61 bits per heavy atom. The van der Waals surface area contributed by atoms with Crippen LogP contribution in [-0.2, 0) is 26.3 Å². The molecule has 8 nitrogen and oxygen atoms in total. The van der Waals surface area contributed by atoms with Crippen molar-refractivity contribution in [3.8, 4) is 22.9 Å². The van der Waals surface area contributed by atoms with Crippen LogP contribution in [0.4, 0.5) is 0 Å². The fourth-order valence-corrected chi connectivity index (χ4v) is 4.32. The molecule has 0 unspecified atom stereocenters. The SMILES string of the molecule is Cc1ccnc(-c2[c-]ccc(CN)c2)c1.Cc1nn(-c2ccccn2)c(C)c1C.Cc1nn(-c2ccccn2)c(C)c1C.[Os+]. The third-order valence-electron chi connectivity index (χ3n) is 7.33. The molecule has 1 aromatic carbocycles. The van der Waals surface area contributed by atoms with Gasteiger partial charge in [0.1, 0.15) is 0 Å². The number of aromatic nitrogens is 7. The van der Waals surface area contributed by atoms with Crippen LogP contribution >= 0.6 is 0 Å². The van der Waals surface area contributed by atoms with E-state index in [0.29, 0.717) is 6.54 Å². The van der Waals surface area contributed by atoms with E-state index >= 15 is 0 Å². The molecule has 0 aliphatic heterocycles. The standard InChI is InChI=1S/C13H13N2.2C11H13N3.Os/c1-10-5-6-15-13(7-10)12-4-2-3-11(8-12)9-14;2*1-8-9(2)13-14(10(8)3)11-6-4-5-7-12-11;/h2-3,5-8H,9,14H2,1H3;2*4-7H,1-3H3;/q-1;;;+1. The Kier molecular flexibility index (Phi) is 12.4. The van der Waals surface area contributed by atoms with Crippen LogP contribution in [0.5, 0.6) is 0 Å². The van der Waals surface area contributed by atoms with Gasteiger partial charge in [0, 0.05) is 36.5 Å². The molecule has 6 rings (SSSR count). The molecule has 1 radical (unpaired) electrons. The Morgan fingerprint density at radius 2 is 1.20 bits per heavy atom. The van der Waals surface area contributed by atoms with E-state index in [-0.39, 0.29) is 19.8 Å². The van der Waals surface area contributed by atoms with Crippen molar-refractivity contribution in [2.75, 3.05) is 0 Å². The van der Waals surface area contributed by atoms with Crippen molar-refractivity contribution in [3.05, 3.63) is 136 Å². The zero-order valence-electron chi connectivity index (χ0n) is 26.4. The average Bonchev–Trinajstić information content (AvgIpc) is 3.46. The third kappa shape index (κ3) is 8.40. The average molecular weight is 762 g/mol. The minimum Gasteiger partial charge on any atom is -0.328 e. The van der Waals surface area contributed by atoms with E-state index in [1.165, 1.54) is 16.7 Å². The van der Waals surface area contributed by atoms with Crippen LogP contribution in [0.1, 0.15) is 45.0 Å². The van der Waals surface area contributed by atoms with Crippen molar-refractivity contribution >= 4 is 0 Å². The van der Waals surface area contributed by atoms with Crippen LogP contribution in [0.15, 0.2) is 85.3 Å². The van der Waals surface area contributed by atoms with Gasteiger partial charge in [-0.1, -0.05) is 23.8 Å². The number of nitrogens with zero attached hydrogens (tertiary/aromatic N) is 7. The summed E-state index contributed by atoms with van der Waals surface area (Å²) in [6, 6.07) is 24.7. The Bertz CT molecular complexity index is 1690. The molecule has 0 saturated heterocycles. The molecular formula is C35H39N8Os. The van der Waals surface area contributed by atoms with Gasteiger partial charge in [0.25, 0.3) is 0 Å². The first-order valence-electron chi connectivity index (χ1n) is 14.2. The van der Waals surface area contributed by atoms with Crippen LogP contribution in [0.25, 0.3) is 22.9 Å². The predicted molar refractivity (Wildman–Crippen MR) is 172 cm³/mol. The summed E-state index contributed by atoms with van der Waals surface area (Å²) in [5, 5.41) is 8.87. The molecule has 5 aromatic heterocycles. The quantitative estimate of drug-likeness (QED) is 0.201. The molecule has 2 N–H and O–H groups in total. The van der Waals surface area contributed by atoms with Crippen molar-refractivity contribution in [1.82, 2.24) is 34.5 Å². The molecule has 0 spiro atoms. The fourth-order valence-electron chi connectivity index (χ4n) is 4.32. The maximum Gasteiger partial charge on any atom is 1.00 e. The summed E-state index contributed by atoms with van der Waals surface area (Å²) in [4.78, 5) is 12.8. The van der Waals surface area contributed by atoms with E-state index in [1.807, 2.05) is 96.1 Å². The zero-order chi connectivity index (χ0) is 30.9. The number of aryl methyl sites for hydroxylation is 3. The van der Waals surface area contributed by atoms with Crippen molar-refractivity contribution in [2.24, 2.45) is 5.73 Å². The second-order valence-electron chi connectivity index (χ2n) is 10.3. The molecule has 0 aliphatic rings. The molecular weight excluding hydrogens is 723 g/mol. The number of nitrogens with two attached hydrogens (primary N) is 1. The molecule has 0 atom stereocenters. The topological polar surface area (TPSA) is 100 Å². The first kappa shape index (κ1) is 34.2. The van der Waals surface area contributed by atoms with Crippen LogP contribution in [0.3, 0.4) is 0 Å². The molecule has 0 aliphatic carbocycles. The second kappa shape index (κ2) is 16.0. The summed E-state index contributed by atoms with van der Waals surface area (Å²) < 4.78 is 3.76. The smallest absolute Gasteiger partial charge is 0.328 e. The summed E-state index contributed by atoms with van der Waals surface area (Å²) in [7, 11) is 0. The van der Waals surface area contributed by atoms with Gasteiger partial charge in [-0.2, -0.15) is 10.2 Å². The maximum atomic E-state index is 5.59. The number of hydrogen-bond donors (Lipinski definition) is 1. The van der Waals surface area contributed by atoms with E-state index in [0.717, 1.165) is 51.2 Å². The van der Waals surface area contributed by atoms with E-state index in [2.05, 4.69) is 65.8 Å². The summed E-state index contributed by atoms with van der Waals surface area (Å²) in [5.41, 5.74) is 16.7.